The summed E-state index contributed by atoms with van der Waals surface area (Å²) in [5.74, 6) is 0.706. The van der Waals surface area contributed by atoms with E-state index in [-0.39, 0.29) is 16.0 Å². The van der Waals surface area contributed by atoms with Gasteiger partial charge in [-0.1, -0.05) is 11.6 Å². The standard InChI is InChI=1S/C15H19ClN4O3S/c1-24(22,23)11-6-12(16)15(18-7-11)19-13-4-10(5-14(13)21)8-20-3-2-17-9-20/h2-3,6-7,9-10,13-14,21H,4-5,8H2,1H3,(H,18,19)/t10?,13-,14-/m1/s1. The highest BCUT2D eigenvalue weighted by atomic mass is 35.5. The number of rotatable bonds is 5. The van der Waals surface area contributed by atoms with Gasteiger partial charge in [0.05, 0.1) is 28.4 Å². The lowest BCUT2D eigenvalue weighted by molar-refractivity contribution is 0.166. The number of aliphatic hydroxyl groups excluding tert-OH is 1. The maximum absolute atomic E-state index is 11.5. The molecular weight excluding hydrogens is 352 g/mol. The first kappa shape index (κ1) is 17.2. The molecule has 2 aromatic rings. The molecule has 1 unspecified atom stereocenters. The SMILES string of the molecule is CS(=O)(=O)c1cnc(N[C@@H]2CC(Cn3ccnc3)C[C@H]2O)c(Cl)c1. The van der Waals surface area contributed by atoms with Gasteiger partial charge in [0, 0.05) is 31.4 Å². The first-order chi connectivity index (χ1) is 11.3. The lowest BCUT2D eigenvalue weighted by atomic mass is 10.1. The zero-order chi connectivity index (χ0) is 17.3. The Hall–Kier alpha value is -1.64. The van der Waals surface area contributed by atoms with Crippen LogP contribution < -0.4 is 5.32 Å². The van der Waals surface area contributed by atoms with Crippen LogP contribution >= 0.6 is 11.6 Å². The van der Waals surface area contributed by atoms with E-state index in [1.54, 1.807) is 12.5 Å². The number of halogens is 1. The predicted octanol–water partition coefficient (Wildman–Crippen LogP) is 1.59. The monoisotopic (exact) mass is 370 g/mol. The summed E-state index contributed by atoms with van der Waals surface area (Å²) in [6, 6.07) is 1.20. The first-order valence-corrected chi connectivity index (χ1v) is 9.86. The number of nitrogens with zero attached hydrogens (tertiary/aromatic N) is 3. The summed E-state index contributed by atoms with van der Waals surface area (Å²) in [5.41, 5.74) is 0. The highest BCUT2D eigenvalue weighted by Gasteiger charge is 2.33. The number of hydrogen-bond donors (Lipinski definition) is 2. The number of pyridine rings is 1. The highest BCUT2D eigenvalue weighted by Crippen LogP contribution is 2.31. The van der Waals surface area contributed by atoms with Crippen molar-refractivity contribution in [3.8, 4) is 0 Å². The van der Waals surface area contributed by atoms with Gasteiger partial charge in [0.15, 0.2) is 9.84 Å². The minimum absolute atomic E-state index is 0.0722. The number of aromatic nitrogens is 3. The summed E-state index contributed by atoms with van der Waals surface area (Å²) >= 11 is 6.13. The molecule has 0 radical (unpaired) electrons. The van der Waals surface area contributed by atoms with Crippen LogP contribution in [-0.4, -0.2) is 46.5 Å². The van der Waals surface area contributed by atoms with Crippen molar-refractivity contribution in [1.29, 1.82) is 0 Å². The highest BCUT2D eigenvalue weighted by molar-refractivity contribution is 7.90. The Morgan fingerprint density at radius 3 is 2.88 bits per heavy atom. The number of imidazole rings is 1. The molecule has 2 aromatic heterocycles. The van der Waals surface area contributed by atoms with Crippen LogP contribution in [-0.2, 0) is 16.4 Å². The van der Waals surface area contributed by atoms with Gasteiger partial charge < -0.3 is 15.0 Å². The zero-order valence-electron chi connectivity index (χ0n) is 13.1. The van der Waals surface area contributed by atoms with Crippen LogP contribution in [0.3, 0.4) is 0 Å². The van der Waals surface area contributed by atoms with Gasteiger partial charge in [0.2, 0.25) is 0 Å². The van der Waals surface area contributed by atoms with Crippen LogP contribution in [0.15, 0.2) is 35.9 Å². The van der Waals surface area contributed by atoms with Gasteiger partial charge in [0.25, 0.3) is 0 Å². The van der Waals surface area contributed by atoms with Crippen molar-refractivity contribution < 1.29 is 13.5 Å². The van der Waals surface area contributed by atoms with Crippen molar-refractivity contribution in [2.45, 2.75) is 36.4 Å². The topological polar surface area (TPSA) is 97.1 Å². The summed E-state index contributed by atoms with van der Waals surface area (Å²) in [6.07, 6.45) is 8.70. The fourth-order valence-electron chi connectivity index (χ4n) is 3.02. The quantitative estimate of drug-likeness (QED) is 0.829. The molecule has 24 heavy (non-hydrogen) atoms. The minimum Gasteiger partial charge on any atom is -0.391 e. The second kappa shape index (κ2) is 6.70. The Balaban J connectivity index is 1.67. The molecule has 0 aromatic carbocycles. The van der Waals surface area contributed by atoms with Crippen molar-refractivity contribution in [2.75, 3.05) is 11.6 Å². The first-order valence-electron chi connectivity index (χ1n) is 7.59. The molecule has 0 bridgehead atoms. The number of sulfone groups is 1. The van der Waals surface area contributed by atoms with Crippen molar-refractivity contribution in [1.82, 2.24) is 14.5 Å². The van der Waals surface area contributed by atoms with E-state index in [9.17, 15) is 13.5 Å². The molecule has 130 valence electrons. The molecule has 0 amide bonds. The lowest BCUT2D eigenvalue weighted by Gasteiger charge is -2.18. The molecule has 2 heterocycles. The molecule has 3 rings (SSSR count). The van der Waals surface area contributed by atoms with E-state index in [0.29, 0.717) is 18.2 Å². The Morgan fingerprint density at radius 2 is 2.25 bits per heavy atom. The van der Waals surface area contributed by atoms with Crippen LogP contribution in [0.25, 0.3) is 0 Å². The minimum atomic E-state index is -3.35. The molecule has 1 saturated carbocycles. The van der Waals surface area contributed by atoms with Gasteiger partial charge in [0.1, 0.15) is 5.82 Å². The molecule has 9 heteroatoms. The molecule has 7 nitrogen and oxygen atoms in total. The zero-order valence-corrected chi connectivity index (χ0v) is 14.7. The number of aliphatic hydroxyl groups is 1. The average molecular weight is 371 g/mol. The maximum Gasteiger partial charge on any atom is 0.177 e. The average Bonchev–Trinajstić information content (AvgIpc) is 3.11. The molecule has 0 aliphatic heterocycles. The molecule has 3 atom stereocenters. The third-order valence-corrected chi connectivity index (χ3v) is 5.59. The molecule has 1 fully saturated rings. The van der Waals surface area contributed by atoms with Crippen molar-refractivity contribution >= 4 is 27.3 Å². The van der Waals surface area contributed by atoms with E-state index in [2.05, 4.69) is 15.3 Å². The molecule has 1 aliphatic carbocycles. The predicted molar refractivity (Wildman–Crippen MR) is 90.7 cm³/mol. The van der Waals surface area contributed by atoms with E-state index in [1.165, 1.54) is 12.3 Å². The normalized spacial score (nSPS) is 24.2. The van der Waals surface area contributed by atoms with Crippen LogP contribution in [0.5, 0.6) is 0 Å². The fourth-order valence-corrected chi connectivity index (χ4v) is 3.88. The van der Waals surface area contributed by atoms with Crippen LogP contribution in [0.1, 0.15) is 12.8 Å². The Kier molecular flexibility index (Phi) is 4.80. The molecule has 0 spiro atoms. The number of nitrogens with one attached hydrogen (secondary N) is 1. The van der Waals surface area contributed by atoms with Gasteiger partial charge in [-0.05, 0) is 24.8 Å². The summed E-state index contributed by atoms with van der Waals surface area (Å²) in [6.45, 7) is 0.795. The largest absolute Gasteiger partial charge is 0.391 e. The fraction of sp³-hybridized carbons (Fsp3) is 0.467. The lowest BCUT2D eigenvalue weighted by Crippen LogP contribution is -2.28. The summed E-state index contributed by atoms with van der Waals surface area (Å²) < 4.78 is 25.0. The number of hydrogen-bond acceptors (Lipinski definition) is 6. The molecular formula is C15H19ClN4O3S. The van der Waals surface area contributed by atoms with E-state index in [1.807, 2.05) is 10.8 Å². The van der Waals surface area contributed by atoms with E-state index in [0.717, 1.165) is 19.2 Å². The second-order valence-electron chi connectivity index (χ2n) is 6.19. The van der Waals surface area contributed by atoms with Crippen molar-refractivity contribution in [2.24, 2.45) is 5.92 Å². The van der Waals surface area contributed by atoms with Gasteiger partial charge in [-0.3, -0.25) is 0 Å². The van der Waals surface area contributed by atoms with Gasteiger partial charge in [-0.2, -0.15) is 0 Å². The maximum atomic E-state index is 11.5. The molecule has 2 N–H and O–H groups in total. The second-order valence-corrected chi connectivity index (χ2v) is 8.61. The van der Waals surface area contributed by atoms with Crippen LogP contribution in [0.2, 0.25) is 5.02 Å². The summed E-state index contributed by atoms with van der Waals surface area (Å²) in [5, 5.41) is 13.6. The smallest absolute Gasteiger partial charge is 0.177 e. The summed E-state index contributed by atoms with van der Waals surface area (Å²) in [7, 11) is -3.35. The summed E-state index contributed by atoms with van der Waals surface area (Å²) in [4.78, 5) is 8.19. The van der Waals surface area contributed by atoms with Crippen molar-refractivity contribution in [3.63, 3.8) is 0 Å². The number of anilines is 1. The van der Waals surface area contributed by atoms with E-state index in [4.69, 9.17) is 11.6 Å². The third kappa shape index (κ3) is 3.88. The van der Waals surface area contributed by atoms with Crippen LogP contribution in [0.4, 0.5) is 5.82 Å². The Bertz CT molecular complexity index is 810. The third-order valence-electron chi connectivity index (χ3n) is 4.22. The molecule has 0 saturated heterocycles. The Labute approximate surface area is 145 Å². The van der Waals surface area contributed by atoms with Crippen LogP contribution in [0, 0.1) is 5.92 Å². The van der Waals surface area contributed by atoms with Gasteiger partial charge in [-0.15, -0.1) is 0 Å². The van der Waals surface area contributed by atoms with E-state index >= 15 is 0 Å². The molecule has 1 aliphatic rings. The van der Waals surface area contributed by atoms with E-state index < -0.39 is 15.9 Å². The van der Waals surface area contributed by atoms with Gasteiger partial charge in [-0.25, -0.2) is 18.4 Å². The van der Waals surface area contributed by atoms with Gasteiger partial charge >= 0.3 is 0 Å². The van der Waals surface area contributed by atoms with Crippen molar-refractivity contribution in [3.05, 3.63) is 36.0 Å². The Morgan fingerprint density at radius 1 is 1.46 bits per heavy atom.